The molecule has 156 valence electrons. The van der Waals surface area contributed by atoms with Crippen molar-refractivity contribution in [3.63, 3.8) is 0 Å². The Hall–Kier alpha value is -3.46. The molecule has 3 aromatic rings. The third-order valence-electron chi connectivity index (χ3n) is 4.56. The second-order valence-electron chi connectivity index (χ2n) is 6.66. The first-order chi connectivity index (χ1) is 14.2. The molecule has 30 heavy (non-hydrogen) atoms. The van der Waals surface area contributed by atoms with E-state index in [4.69, 9.17) is 10.5 Å². The number of ether oxygens (including phenoxy) is 1. The lowest BCUT2D eigenvalue weighted by molar-refractivity contribution is -0.123. The van der Waals surface area contributed by atoms with E-state index in [0.717, 1.165) is 17.0 Å². The monoisotopic (exact) mass is 429 g/mol. The number of thiophene rings is 1. The van der Waals surface area contributed by atoms with E-state index in [9.17, 15) is 18.8 Å². The summed E-state index contributed by atoms with van der Waals surface area (Å²) in [7, 11) is 0. The third kappa shape index (κ3) is 4.25. The Morgan fingerprint density at radius 3 is 2.43 bits per heavy atom. The number of aryl methyl sites for hydroxylation is 1. The summed E-state index contributed by atoms with van der Waals surface area (Å²) in [5.41, 5.74) is 7.81. The van der Waals surface area contributed by atoms with Crippen LogP contribution in [0.3, 0.4) is 0 Å². The number of rotatable bonds is 6. The zero-order valence-electron chi connectivity index (χ0n) is 16.6. The van der Waals surface area contributed by atoms with Crippen molar-refractivity contribution in [1.29, 1.82) is 0 Å². The predicted octanol–water partition coefficient (Wildman–Crippen LogP) is 3.58. The Labute approximate surface area is 176 Å². The molecule has 0 saturated carbocycles. The molecule has 0 spiro atoms. The molecule has 0 fully saturated rings. The molecular formula is C21H20FN3O4S. The summed E-state index contributed by atoms with van der Waals surface area (Å²) in [6.45, 7) is 4.98. The van der Waals surface area contributed by atoms with Crippen LogP contribution in [0.25, 0.3) is 5.69 Å². The molecule has 0 unspecified atom stereocenters. The van der Waals surface area contributed by atoms with E-state index < -0.39 is 23.9 Å². The van der Waals surface area contributed by atoms with E-state index in [1.165, 1.54) is 25.1 Å². The molecule has 2 aromatic heterocycles. The van der Waals surface area contributed by atoms with Gasteiger partial charge in [-0.05, 0) is 62.5 Å². The minimum atomic E-state index is -1.10. The Bertz CT molecular complexity index is 1120. The summed E-state index contributed by atoms with van der Waals surface area (Å²) in [5, 5.41) is 4.47. The molecule has 9 heteroatoms. The smallest absolute Gasteiger partial charge is 0.340 e. The third-order valence-corrected chi connectivity index (χ3v) is 5.39. The van der Waals surface area contributed by atoms with E-state index in [0.29, 0.717) is 21.9 Å². The Balaban J connectivity index is 1.75. The van der Waals surface area contributed by atoms with Gasteiger partial charge in [0.15, 0.2) is 6.10 Å². The molecule has 3 rings (SSSR count). The number of benzene rings is 1. The molecule has 0 radical (unpaired) electrons. The number of hydrogen-bond donors (Lipinski definition) is 2. The predicted molar refractivity (Wildman–Crippen MR) is 112 cm³/mol. The van der Waals surface area contributed by atoms with Gasteiger partial charge < -0.3 is 20.4 Å². The molecule has 0 aliphatic carbocycles. The van der Waals surface area contributed by atoms with Crippen LogP contribution in [0.1, 0.15) is 39.0 Å². The van der Waals surface area contributed by atoms with Gasteiger partial charge in [-0.3, -0.25) is 9.59 Å². The number of halogens is 1. The van der Waals surface area contributed by atoms with Gasteiger partial charge >= 0.3 is 5.97 Å². The normalized spacial score (nSPS) is 11.7. The van der Waals surface area contributed by atoms with Crippen molar-refractivity contribution in [1.82, 2.24) is 4.57 Å². The van der Waals surface area contributed by atoms with Crippen LogP contribution in [0.2, 0.25) is 0 Å². The van der Waals surface area contributed by atoms with Gasteiger partial charge in [-0.1, -0.05) is 0 Å². The van der Waals surface area contributed by atoms with Crippen LogP contribution in [-0.2, 0) is 9.53 Å². The highest BCUT2D eigenvalue weighted by molar-refractivity contribution is 7.14. The molecule has 0 aliphatic heterocycles. The van der Waals surface area contributed by atoms with Crippen molar-refractivity contribution in [2.24, 2.45) is 5.73 Å². The average molecular weight is 429 g/mol. The first-order valence-corrected chi connectivity index (χ1v) is 9.91. The quantitative estimate of drug-likeness (QED) is 0.585. The highest BCUT2D eigenvalue weighted by atomic mass is 32.1. The van der Waals surface area contributed by atoms with Crippen LogP contribution in [0.5, 0.6) is 0 Å². The fraction of sp³-hybridized carbons (Fsp3) is 0.190. The summed E-state index contributed by atoms with van der Waals surface area (Å²) in [6.07, 6.45) is -1.10. The molecule has 0 saturated heterocycles. The Morgan fingerprint density at radius 1 is 1.13 bits per heavy atom. The van der Waals surface area contributed by atoms with Crippen LogP contribution < -0.4 is 11.1 Å². The highest BCUT2D eigenvalue weighted by Gasteiger charge is 2.24. The van der Waals surface area contributed by atoms with Gasteiger partial charge in [0.25, 0.3) is 11.8 Å². The second-order valence-corrected chi connectivity index (χ2v) is 7.58. The maximum atomic E-state index is 13.2. The molecule has 2 amide bonds. The molecule has 0 bridgehead atoms. The van der Waals surface area contributed by atoms with Crippen LogP contribution in [-0.4, -0.2) is 28.5 Å². The SMILES string of the molecule is Cc1cc(C(=O)O[C@@H](C)C(=O)Nc2sccc2C(N)=O)c(C)n1-c1ccc(F)cc1. The van der Waals surface area contributed by atoms with Crippen molar-refractivity contribution in [3.8, 4) is 5.69 Å². The van der Waals surface area contributed by atoms with Crippen molar-refractivity contribution in [2.45, 2.75) is 26.9 Å². The molecule has 7 nitrogen and oxygen atoms in total. The zero-order chi connectivity index (χ0) is 22.0. The number of esters is 1. The molecule has 1 atom stereocenters. The Morgan fingerprint density at radius 2 is 1.80 bits per heavy atom. The first-order valence-electron chi connectivity index (χ1n) is 9.03. The molecular weight excluding hydrogens is 409 g/mol. The van der Waals surface area contributed by atoms with E-state index in [2.05, 4.69) is 5.32 Å². The number of hydrogen-bond acceptors (Lipinski definition) is 5. The van der Waals surface area contributed by atoms with Gasteiger partial charge in [0, 0.05) is 17.1 Å². The van der Waals surface area contributed by atoms with Crippen LogP contribution in [0.15, 0.2) is 41.8 Å². The largest absolute Gasteiger partial charge is 0.449 e. The number of amides is 2. The lowest BCUT2D eigenvalue weighted by atomic mass is 10.2. The number of anilines is 1. The topological polar surface area (TPSA) is 103 Å². The van der Waals surface area contributed by atoms with Crippen molar-refractivity contribution < 1.29 is 23.5 Å². The van der Waals surface area contributed by atoms with Crippen LogP contribution >= 0.6 is 11.3 Å². The number of carbonyl (C=O) groups is 3. The van der Waals surface area contributed by atoms with Crippen molar-refractivity contribution >= 4 is 34.1 Å². The number of nitrogens with two attached hydrogens (primary N) is 1. The Kier molecular flexibility index (Phi) is 6.02. The van der Waals surface area contributed by atoms with Crippen molar-refractivity contribution in [2.75, 3.05) is 5.32 Å². The molecule has 3 N–H and O–H groups in total. The fourth-order valence-corrected chi connectivity index (χ4v) is 3.84. The number of nitrogens with one attached hydrogen (secondary N) is 1. The summed E-state index contributed by atoms with van der Waals surface area (Å²) < 4.78 is 20.3. The number of carbonyl (C=O) groups excluding carboxylic acids is 3. The lowest BCUT2D eigenvalue weighted by Crippen LogP contribution is -2.30. The minimum Gasteiger partial charge on any atom is -0.449 e. The second kappa shape index (κ2) is 8.50. The van der Waals surface area contributed by atoms with E-state index in [1.807, 2.05) is 6.92 Å². The standard InChI is InChI=1S/C21H20FN3O4S/c1-11-10-17(12(2)25(11)15-6-4-14(22)5-7-15)21(28)29-13(3)19(27)24-20-16(18(23)26)8-9-30-20/h4-10,13H,1-3H3,(H2,23,26)(H,24,27)/t13-/m0/s1. The maximum Gasteiger partial charge on any atom is 0.340 e. The number of primary amides is 1. The van der Waals surface area contributed by atoms with Gasteiger partial charge in [0.1, 0.15) is 10.8 Å². The number of nitrogens with zero attached hydrogens (tertiary/aromatic N) is 1. The highest BCUT2D eigenvalue weighted by Crippen LogP contribution is 2.24. The van der Waals surface area contributed by atoms with E-state index in [-0.39, 0.29) is 11.4 Å². The summed E-state index contributed by atoms with van der Waals surface area (Å²) in [5.74, 6) is -2.27. The zero-order valence-corrected chi connectivity index (χ0v) is 17.4. The summed E-state index contributed by atoms with van der Waals surface area (Å²) in [6, 6.07) is 9.04. The van der Waals surface area contributed by atoms with Gasteiger partial charge in [0.05, 0.1) is 11.1 Å². The van der Waals surface area contributed by atoms with Crippen molar-refractivity contribution in [3.05, 3.63) is 70.1 Å². The molecule has 1 aromatic carbocycles. The minimum absolute atomic E-state index is 0.190. The van der Waals surface area contributed by atoms with Gasteiger partial charge in [-0.2, -0.15) is 0 Å². The van der Waals surface area contributed by atoms with Gasteiger partial charge in [-0.25, -0.2) is 9.18 Å². The average Bonchev–Trinajstić information content (AvgIpc) is 3.27. The van der Waals surface area contributed by atoms with Gasteiger partial charge in [-0.15, -0.1) is 11.3 Å². The maximum absolute atomic E-state index is 13.2. The number of aromatic nitrogens is 1. The molecule has 0 aliphatic rings. The van der Waals surface area contributed by atoms with E-state index >= 15 is 0 Å². The van der Waals surface area contributed by atoms with Crippen LogP contribution in [0.4, 0.5) is 9.39 Å². The summed E-state index contributed by atoms with van der Waals surface area (Å²) in [4.78, 5) is 36.4. The van der Waals surface area contributed by atoms with E-state index in [1.54, 1.807) is 35.1 Å². The van der Waals surface area contributed by atoms with Gasteiger partial charge in [0.2, 0.25) is 0 Å². The fourth-order valence-electron chi connectivity index (χ4n) is 3.05. The van der Waals surface area contributed by atoms with Crippen LogP contribution in [0, 0.1) is 19.7 Å². The summed E-state index contributed by atoms with van der Waals surface area (Å²) >= 11 is 1.14. The lowest BCUT2D eigenvalue weighted by Gasteiger charge is -2.14. The molecule has 2 heterocycles. The first kappa shape index (κ1) is 21.3.